The zero-order valence-corrected chi connectivity index (χ0v) is 15.8. The van der Waals surface area contributed by atoms with E-state index in [-0.39, 0.29) is 24.5 Å². The molecule has 4 heteroatoms. The molecule has 3 aromatic carbocycles. The maximum absolute atomic E-state index is 13.0. The first-order valence-corrected chi connectivity index (χ1v) is 9.48. The van der Waals surface area contributed by atoms with Gasteiger partial charge in [-0.1, -0.05) is 66.2 Å². The number of phenols is 1. The van der Waals surface area contributed by atoms with E-state index < -0.39 is 0 Å². The lowest BCUT2D eigenvalue weighted by molar-refractivity contribution is 0.0833. The van der Waals surface area contributed by atoms with Crippen LogP contribution in [-0.2, 0) is 17.8 Å². The van der Waals surface area contributed by atoms with E-state index in [4.69, 9.17) is 4.74 Å². The van der Waals surface area contributed by atoms with Crippen molar-refractivity contribution < 1.29 is 14.6 Å². The van der Waals surface area contributed by atoms with Gasteiger partial charge in [0, 0.05) is 12.1 Å². The van der Waals surface area contributed by atoms with Crippen molar-refractivity contribution >= 4 is 6.09 Å². The Balaban J connectivity index is 1.67. The maximum Gasteiger partial charge on any atom is 0.410 e. The van der Waals surface area contributed by atoms with Gasteiger partial charge in [0.1, 0.15) is 12.4 Å². The van der Waals surface area contributed by atoms with Crippen LogP contribution in [0.5, 0.6) is 5.75 Å². The minimum Gasteiger partial charge on any atom is -0.508 e. The normalized spacial score (nSPS) is 15.8. The average Bonchev–Trinajstić information content (AvgIpc) is 2.74. The van der Waals surface area contributed by atoms with Crippen LogP contribution < -0.4 is 0 Å². The van der Waals surface area contributed by atoms with Gasteiger partial charge in [-0.05, 0) is 42.2 Å². The number of aryl methyl sites for hydroxylation is 1. The molecule has 1 aliphatic heterocycles. The Morgan fingerprint density at radius 1 is 1.04 bits per heavy atom. The van der Waals surface area contributed by atoms with E-state index >= 15 is 0 Å². The summed E-state index contributed by atoms with van der Waals surface area (Å²) in [5.41, 5.74) is 4.94. The van der Waals surface area contributed by atoms with Crippen molar-refractivity contribution in [3.05, 3.63) is 101 Å². The molecule has 0 radical (unpaired) electrons. The molecule has 142 valence electrons. The van der Waals surface area contributed by atoms with Gasteiger partial charge in [-0.15, -0.1) is 0 Å². The molecule has 0 aliphatic carbocycles. The Hall–Kier alpha value is -3.27. The number of ether oxygens (including phenoxy) is 1. The summed E-state index contributed by atoms with van der Waals surface area (Å²) < 4.78 is 5.61. The minimum atomic E-state index is -0.371. The summed E-state index contributed by atoms with van der Waals surface area (Å²) in [4.78, 5) is 14.7. The van der Waals surface area contributed by atoms with Gasteiger partial charge in [0.15, 0.2) is 0 Å². The van der Waals surface area contributed by atoms with Crippen LogP contribution in [0.15, 0.2) is 72.8 Å². The molecule has 0 spiro atoms. The van der Waals surface area contributed by atoms with Gasteiger partial charge in [-0.25, -0.2) is 4.79 Å². The van der Waals surface area contributed by atoms with Crippen molar-refractivity contribution in [2.45, 2.75) is 26.0 Å². The van der Waals surface area contributed by atoms with E-state index in [2.05, 4.69) is 6.07 Å². The van der Waals surface area contributed by atoms with Gasteiger partial charge in [0.25, 0.3) is 0 Å². The number of fused-ring (bicyclic) bond motifs is 1. The van der Waals surface area contributed by atoms with Crippen LogP contribution in [0.2, 0.25) is 0 Å². The average molecular weight is 373 g/mol. The van der Waals surface area contributed by atoms with Crippen molar-refractivity contribution in [3.8, 4) is 5.75 Å². The van der Waals surface area contributed by atoms with Crippen LogP contribution in [0, 0.1) is 6.92 Å². The highest BCUT2D eigenvalue weighted by molar-refractivity contribution is 5.70. The molecule has 4 nitrogen and oxygen atoms in total. The van der Waals surface area contributed by atoms with E-state index in [0.717, 1.165) is 28.7 Å². The van der Waals surface area contributed by atoms with E-state index in [1.807, 2.05) is 67.6 Å². The molecular formula is C24H23NO3. The molecule has 0 fully saturated rings. The van der Waals surface area contributed by atoms with Crippen molar-refractivity contribution in [2.24, 2.45) is 0 Å². The third kappa shape index (κ3) is 3.58. The number of nitrogens with zero attached hydrogens (tertiary/aromatic N) is 1. The quantitative estimate of drug-likeness (QED) is 0.704. The molecule has 0 saturated carbocycles. The van der Waals surface area contributed by atoms with Crippen molar-refractivity contribution in [1.29, 1.82) is 0 Å². The lowest BCUT2D eigenvalue weighted by Crippen LogP contribution is -2.41. The second kappa shape index (κ2) is 7.77. The Morgan fingerprint density at radius 3 is 2.61 bits per heavy atom. The fraction of sp³-hybridized carbons (Fsp3) is 0.208. The van der Waals surface area contributed by atoms with Crippen LogP contribution in [0.4, 0.5) is 4.79 Å². The Kier molecular flexibility index (Phi) is 5.02. The molecule has 1 aliphatic rings. The highest BCUT2D eigenvalue weighted by atomic mass is 16.6. The van der Waals surface area contributed by atoms with Crippen molar-refractivity contribution in [2.75, 3.05) is 6.54 Å². The molecule has 0 bridgehead atoms. The SMILES string of the molecule is Cc1ccc(O)c(C2c3ccccc3CCN2C(=O)OCc2ccccc2)c1. The summed E-state index contributed by atoms with van der Waals surface area (Å²) >= 11 is 0. The monoisotopic (exact) mass is 373 g/mol. The van der Waals surface area contributed by atoms with Crippen LogP contribution >= 0.6 is 0 Å². The van der Waals surface area contributed by atoms with Crippen LogP contribution in [0.25, 0.3) is 0 Å². The summed E-state index contributed by atoms with van der Waals surface area (Å²) in [6, 6.07) is 22.9. The molecule has 4 rings (SSSR count). The molecule has 0 saturated heterocycles. The molecule has 1 atom stereocenters. The number of carbonyl (C=O) groups is 1. The Morgan fingerprint density at radius 2 is 1.79 bits per heavy atom. The fourth-order valence-corrected chi connectivity index (χ4v) is 3.79. The van der Waals surface area contributed by atoms with Gasteiger partial charge in [0.2, 0.25) is 0 Å². The van der Waals surface area contributed by atoms with Gasteiger partial charge < -0.3 is 9.84 Å². The molecule has 1 amide bonds. The Labute approximate surface area is 165 Å². The zero-order chi connectivity index (χ0) is 19.5. The molecular weight excluding hydrogens is 350 g/mol. The number of phenolic OH excluding ortho intramolecular Hbond substituents is 1. The number of aromatic hydroxyl groups is 1. The van der Waals surface area contributed by atoms with Crippen molar-refractivity contribution in [1.82, 2.24) is 4.90 Å². The van der Waals surface area contributed by atoms with E-state index in [1.165, 1.54) is 5.56 Å². The van der Waals surface area contributed by atoms with Crippen LogP contribution in [0.3, 0.4) is 0 Å². The van der Waals surface area contributed by atoms with Gasteiger partial charge >= 0.3 is 6.09 Å². The summed E-state index contributed by atoms with van der Waals surface area (Å²) in [6.45, 7) is 2.75. The van der Waals surface area contributed by atoms with Crippen LogP contribution in [-0.4, -0.2) is 22.6 Å². The Bertz CT molecular complexity index is 984. The zero-order valence-electron chi connectivity index (χ0n) is 15.8. The smallest absolute Gasteiger partial charge is 0.410 e. The van der Waals surface area contributed by atoms with Crippen molar-refractivity contribution in [3.63, 3.8) is 0 Å². The van der Waals surface area contributed by atoms with E-state index in [0.29, 0.717) is 6.54 Å². The van der Waals surface area contributed by atoms with E-state index in [9.17, 15) is 9.90 Å². The molecule has 1 N–H and O–H groups in total. The second-order valence-electron chi connectivity index (χ2n) is 7.15. The third-order valence-corrected chi connectivity index (χ3v) is 5.20. The highest BCUT2D eigenvalue weighted by Crippen LogP contribution is 2.39. The molecule has 0 aromatic heterocycles. The minimum absolute atomic E-state index is 0.188. The molecule has 28 heavy (non-hydrogen) atoms. The topological polar surface area (TPSA) is 49.8 Å². The molecule has 1 heterocycles. The summed E-state index contributed by atoms with van der Waals surface area (Å²) in [6.07, 6.45) is 0.393. The summed E-state index contributed by atoms with van der Waals surface area (Å²) in [5, 5.41) is 10.5. The fourth-order valence-electron chi connectivity index (χ4n) is 3.79. The predicted molar refractivity (Wildman–Crippen MR) is 108 cm³/mol. The number of hydrogen-bond donors (Lipinski definition) is 1. The maximum atomic E-state index is 13.0. The lowest BCUT2D eigenvalue weighted by Gasteiger charge is -2.37. The predicted octanol–water partition coefficient (Wildman–Crippen LogP) is 4.98. The molecule has 3 aromatic rings. The lowest BCUT2D eigenvalue weighted by atomic mass is 9.87. The number of hydrogen-bond acceptors (Lipinski definition) is 3. The third-order valence-electron chi connectivity index (χ3n) is 5.20. The number of carbonyl (C=O) groups excluding carboxylic acids is 1. The van der Waals surface area contributed by atoms with Gasteiger partial charge in [-0.3, -0.25) is 4.90 Å². The first-order valence-electron chi connectivity index (χ1n) is 9.48. The standard InChI is InChI=1S/C24H23NO3/c1-17-11-12-22(26)21(15-17)23-20-10-6-5-9-19(20)13-14-25(23)24(27)28-16-18-7-3-2-4-8-18/h2-12,15,23,26H,13-14,16H2,1H3. The first kappa shape index (κ1) is 18.1. The number of benzene rings is 3. The first-order chi connectivity index (χ1) is 13.6. The number of rotatable bonds is 3. The van der Waals surface area contributed by atoms with Gasteiger partial charge in [0.05, 0.1) is 6.04 Å². The summed E-state index contributed by atoms with van der Waals surface area (Å²) in [5.74, 6) is 0.188. The van der Waals surface area contributed by atoms with E-state index in [1.54, 1.807) is 11.0 Å². The summed E-state index contributed by atoms with van der Waals surface area (Å²) in [7, 11) is 0. The van der Waals surface area contributed by atoms with Crippen LogP contribution in [0.1, 0.15) is 33.9 Å². The number of amides is 1. The van der Waals surface area contributed by atoms with Gasteiger partial charge in [-0.2, -0.15) is 0 Å². The molecule has 1 unspecified atom stereocenters. The highest BCUT2D eigenvalue weighted by Gasteiger charge is 2.34. The largest absolute Gasteiger partial charge is 0.508 e. The second-order valence-corrected chi connectivity index (χ2v) is 7.15.